The SMILES string of the molecule is C=CCN1C(=O)N[C@@H](c2ccc3cc(OC)ccc3c2)C(C(=O)OCCOC)=C1C. The number of nitrogens with one attached hydrogen (secondary N) is 1. The second kappa shape index (κ2) is 9.45. The van der Waals surface area contributed by atoms with Crippen molar-refractivity contribution in [3.8, 4) is 5.75 Å². The maximum absolute atomic E-state index is 12.9. The molecule has 1 aliphatic heterocycles. The van der Waals surface area contributed by atoms with Gasteiger partial charge >= 0.3 is 12.0 Å². The highest BCUT2D eigenvalue weighted by molar-refractivity contribution is 5.95. The molecule has 1 N–H and O–H groups in total. The second-order valence-electron chi connectivity index (χ2n) is 6.88. The number of benzene rings is 2. The van der Waals surface area contributed by atoms with Crippen molar-refractivity contribution in [2.75, 3.05) is 34.0 Å². The van der Waals surface area contributed by atoms with E-state index in [9.17, 15) is 9.59 Å². The van der Waals surface area contributed by atoms with Crippen LogP contribution in [0.1, 0.15) is 18.5 Å². The van der Waals surface area contributed by atoms with E-state index in [1.807, 2.05) is 36.4 Å². The summed E-state index contributed by atoms with van der Waals surface area (Å²) in [5, 5.41) is 4.90. The summed E-state index contributed by atoms with van der Waals surface area (Å²) in [4.78, 5) is 27.1. The molecule has 0 radical (unpaired) electrons. The van der Waals surface area contributed by atoms with E-state index >= 15 is 0 Å². The molecule has 2 amide bonds. The molecule has 2 aromatic carbocycles. The number of hydrogen-bond donors (Lipinski definition) is 1. The Labute approximate surface area is 175 Å². The molecule has 158 valence electrons. The standard InChI is InChI=1S/C23H26N2O5/c1-5-10-25-15(2)20(22(26)30-12-11-28-3)21(24-23(25)27)18-7-6-17-14-19(29-4)9-8-16(17)13-18/h5-9,13-14,21H,1,10-12H2,2-4H3,(H,24,27)/t21-/m0/s1. The molecule has 0 aromatic heterocycles. The smallest absolute Gasteiger partial charge is 0.338 e. The van der Waals surface area contributed by atoms with Crippen LogP contribution in [0.15, 0.2) is 60.3 Å². The van der Waals surface area contributed by atoms with E-state index in [1.165, 1.54) is 12.0 Å². The lowest BCUT2D eigenvalue weighted by atomic mass is 9.93. The number of rotatable bonds is 8. The number of methoxy groups -OCH3 is 2. The monoisotopic (exact) mass is 410 g/mol. The number of esters is 1. The largest absolute Gasteiger partial charge is 0.497 e. The van der Waals surface area contributed by atoms with Gasteiger partial charge in [0.1, 0.15) is 12.4 Å². The third kappa shape index (κ3) is 4.31. The van der Waals surface area contributed by atoms with Crippen molar-refractivity contribution < 1.29 is 23.8 Å². The molecule has 0 unspecified atom stereocenters. The van der Waals surface area contributed by atoms with E-state index in [-0.39, 0.29) is 19.2 Å². The lowest BCUT2D eigenvalue weighted by molar-refractivity contribution is -0.140. The van der Waals surface area contributed by atoms with Crippen molar-refractivity contribution in [2.45, 2.75) is 13.0 Å². The molecule has 2 aromatic rings. The Balaban J connectivity index is 2.03. The van der Waals surface area contributed by atoms with Crippen molar-refractivity contribution in [3.05, 3.63) is 65.9 Å². The number of carbonyl (C=O) groups is 2. The first-order valence-electron chi connectivity index (χ1n) is 9.63. The van der Waals surface area contributed by atoms with Gasteiger partial charge < -0.3 is 19.5 Å². The molecule has 1 aliphatic rings. The average molecular weight is 410 g/mol. The second-order valence-corrected chi connectivity index (χ2v) is 6.88. The molecule has 0 fully saturated rings. The minimum Gasteiger partial charge on any atom is -0.497 e. The van der Waals surface area contributed by atoms with Gasteiger partial charge in [0.25, 0.3) is 0 Å². The summed E-state index contributed by atoms with van der Waals surface area (Å²) in [6.45, 7) is 6.15. The Hall–Kier alpha value is -3.32. The van der Waals surface area contributed by atoms with E-state index < -0.39 is 12.0 Å². The van der Waals surface area contributed by atoms with Gasteiger partial charge in [0.05, 0.1) is 25.3 Å². The average Bonchev–Trinajstić information content (AvgIpc) is 2.75. The zero-order valence-electron chi connectivity index (χ0n) is 17.4. The van der Waals surface area contributed by atoms with Crippen molar-refractivity contribution in [3.63, 3.8) is 0 Å². The lowest BCUT2D eigenvalue weighted by Gasteiger charge is -2.35. The summed E-state index contributed by atoms with van der Waals surface area (Å²) in [5.41, 5.74) is 1.72. The molecule has 0 aliphatic carbocycles. The van der Waals surface area contributed by atoms with Gasteiger partial charge in [-0.05, 0) is 41.5 Å². The lowest BCUT2D eigenvalue weighted by Crippen LogP contribution is -2.48. The van der Waals surface area contributed by atoms with Crippen LogP contribution in [-0.4, -0.2) is 50.9 Å². The predicted octanol–water partition coefficient (Wildman–Crippen LogP) is 3.56. The molecule has 7 nitrogen and oxygen atoms in total. The number of nitrogens with zero attached hydrogens (tertiary/aromatic N) is 1. The molecule has 0 saturated heterocycles. The molecule has 1 atom stereocenters. The van der Waals surface area contributed by atoms with Crippen LogP contribution in [0.25, 0.3) is 10.8 Å². The Morgan fingerprint density at radius 1 is 1.17 bits per heavy atom. The third-order valence-corrected chi connectivity index (χ3v) is 5.05. The molecule has 0 saturated carbocycles. The van der Waals surface area contributed by atoms with Gasteiger partial charge in [-0.1, -0.05) is 24.3 Å². The Kier molecular flexibility index (Phi) is 6.74. The number of fused-ring (bicyclic) bond motifs is 1. The van der Waals surface area contributed by atoms with Gasteiger partial charge in [0, 0.05) is 19.4 Å². The topological polar surface area (TPSA) is 77.1 Å². The highest BCUT2D eigenvalue weighted by Gasteiger charge is 2.36. The van der Waals surface area contributed by atoms with Crippen molar-refractivity contribution in [1.29, 1.82) is 0 Å². The highest BCUT2D eigenvalue weighted by atomic mass is 16.6. The number of ether oxygens (including phenoxy) is 3. The minimum atomic E-state index is -0.625. The Bertz CT molecular complexity index is 998. The number of urea groups is 1. The van der Waals surface area contributed by atoms with Crippen LogP contribution >= 0.6 is 0 Å². The van der Waals surface area contributed by atoms with Crippen LogP contribution in [0.4, 0.5) is 4.79 Å². The van der Waals surface area contributed by atoms with E-state index in [1.54, 1.807) is 20.1 Å². The Morgan fingerprint density at radius 2 is 1.90 bits per heavy atom. The molecular formula is C23H26N2O5. The minimum absolute atomic E-state index is 0.131. The van der Waals surface area contributed by atoms with Crippen LogP contribution < -0.4 is 10.1 Å². The predicted molar refractivity (Wildman–Crippen MR) is 114 cm³/mol. The summed E-state index contributed by atoms with van der Waals surface area (Å²) >= 11 is 0. The van der Waals surface area contributed by atoms with Crippen LogP contribution in [-0.2, 0) is 14.3 Å². The van der Waals surface area contributed by atoms with E-state index in [4.69, 9.17) is 14.2 Å². The fraction of sp³-hybridized carbons (Fsp3) is 0.304. The summed E-state index contributed by atoms with van der Waals surface area (Å²) < 4.78 is 15.6. The molecule has 30 heavy (non-hydrogen) atoms. The molecular weight excluding hydrogens is 384 g/mol. The quantitative estimate of drug-likeness (QED) is 0.409. The first-order chi connectivity index (χ1) is 14.5. The number of amides is 2. The third-order valence-electron chi connectivity index (χ3n) is 5.05. The zero-order valence-corrected chi connectivity index (χ0v) is 17.4. The summed E-state index contributed by atoms with van der Waals surface area (Å²) in [7, 11) is 3.16. The summed E-state index contributed by atoms with van der Waals surface area (Å²) in [5.74, 6) is 0.276. The van der Waals surface area contributed by atoms with E-state index in [2.05, 4.69) is 11.9 Å². The van der Waals surface area contributed by atoms with Gasteiger partial charge in [0.2, 0.25) is 0 Å². The van der Waals surface area contributed by atoms with Crippen molar-refractivity contribution in [1.82, 2.24) is 10.2 Å². The van der Waals surface area contributed by atoms with Crippen LogP contribution in [0.2, 0.25) is 0 Å². The van der Waals surface area contributed by atoms with Gasteiger partial charge in [-0.15, -0.1) is 6.58 Å². The van der Waals surface area contributed by atoms with Crippen molar-refractivity contribution >= 4 is 22.8 Å². The molecule has 0 spiro atoms. The fourth-order valence-corrected chi connectivity index (χ4v) is 3.49. The van der Waals surface area contributed by atoms with E-state index in [0.29, 0.717) is 17.9 Å². The molecule has 3 rings (SSSR count). The highest BCUT2D eigenvalue weighted by Crippen LogP contribution is 2.33. The number of hydrogen-bond acceptors (Lipinski definition) is 5. The van der Waals surface area contributed by atoms with Crippen LogP contribution in [0, 0.1) is 0 Å². The van der Waals surface area contributed by atoms with Gasteiger partial charge in [-0.2, -0.15) is 0 Å². The summed E-state index contributed by atoms with van der Waals surface area (Å²) in [6.07, 6.45) is 1.61. The Morgan fingerprint density at radius 3 is 2.60 bits per heavy atom. The van der Waals surface area contributed by atoms with Crippen LogP contribution in [0.3, 0.4) is 0 Å². The van der Waals surface area contributed by atoms with Gasteiger partial charge in [-0.3, -0.25) is 4.90 Å². The number of carbonyl (C=O) groups excluding carboxylic acids is 2. The van der Waals surface area contributed by atoms with E-state index in [0.717, 1.165) is 22.1 Å². The van der Waals surface area contributed by atoms with Gasteiger partial charge in [0.15, 0.2) is 0 Å². The first kappa shape index (κ1) is 21.4. The normalized spacial score (nSPS) is 16.4. The molecule has 7 heteroatoms. The fourth-order valence-electron chi connectivity index (χ4n) is 3.49. The first-order valence-corrected chi connectivity index (χ1v) is 9.63. The van der Waals surface area contributed by atoms with Gasteiger partial charge in [-0.25, -0.2) is 9.59 Å². The number of allylic oxidation sites excluding steroid dienone is 1. The zero-order chi connectivity index (χ0) is 21.7. The summed E-state index contributed by atoms with van der Waals surface area (Å²) in [6, 6.07) is 10.6. The van der Waals surface area contributed by atoms with Crippen molar-refractivity contribution in [2.24, 2.45) is 0 Å². The maximum atomic E-state index is 12.9. The molecule has 1 heterocycles. The molecule has 0 bridgehead atoms. The maximum Gasteiger partial charge on any atom is 0.338 e. The van der Waals surface area contributed by atoms with Crippen LogP contribution in [0.5, 0.6) is 5.75 Å².